The van der Waals surface area contributed by atoms with Gasteiger partial charge in [-0.05, 0) is 29.4 Å². The van der Waals surface area contributed by atoms with Crippen LogP contribution in [0.15, 0.2) is 29.4 Å². The van der Waals surface area contributed by atoms with Gasteiger partial charge in [0, 0.05) is 7.05 Å². The van der Waals surface area contributed by atoms with E-state index in [2.05, 4.69) is 15.8 Å². The van der Waals surface area contributed by atoms with E-state index >= 15 is 0 Å². The summed E-state index contributed by atoms with van der Waals surface area (Å²) in [4.78, 5) is 10.6. The molecule has 1 rings (SSSR count). The van der Waals surface area contributed by atoms with Crippen LogP contribution in [0, 0.1) is 0 Å². The number of hydrogen-bond donors (Lipinski definition) is 2. The molecule has 5 nitrogen and oxygen atoms in total. The largest absolute Gasteiger partial charge is 0.545 e. The van der Waals surface area contributed by atoms with Gasteiger partial charge in [0.2, 0.25) is 0 Å². The van der Waals surface area contributed by atoms with Crippen molar-refractivity contribution in [1.29, 1.82) is 0 Å². The van der Waals surface area contributed by atoms with Crippen LogP contribution in [0.1, 0.15) is 15.9 Å². The van der Waals surface area contributed by atoms with Crippen molar-refractivity contribution in [2.24, 2.45) is 5.10 Å². The maximum atomic E-state index is 10.6. The monoisotopic (exact) mass is 236 g/mol. The van der Waals surface area contributed by atoms with E-state index in [-0.39, 0.29) is 5.56 Å². The van der Waals surface area contributed by atoms with E-state index < -0.39 is 5.97 Å². The highest BCUT2D eigenvalue weighted by molar-refractivity contribution is 7.80. The number of hydrogen-bond acceptors (Lipinski definition) is 4. The second-order valence-electron chi connectivity index (χ2n) is 2.86. The summed E-state index contributed by atoms with van der Waals surface area (Å²) >= 11 is 4.80. The van der Waals surface area contributed by atoms with E-state index in [9.17, 15) is 9.90 Å². The van der Waals surface area contributed by atoms with Gasteiger partial charge in [0.1, 0.15) is 0 Å². The molecule has 0 bridgehead atoms. The lowest BCUT2D eigenvalue weighted by Gasteiger charge is -2.03. The van der Waals surface area contributed by atoms with Crippen molar-refractivity contribution < 1.29 is 9.90 Å². The molecule has 0 radical (unpaired) electrons. The molecule has 0 aromatic heterocycles. The number of aromatic carboxylic acids is 1. The molecule has 0 aliphatic carbocycles. The second kappa shape index (κ2) is 5.82. The zero-order valence-corrected chi connectivity index (χ0v) is 9.38. The average molecular weight is 236 g/mol. The lowest BCUT2D eigenvalue weighted by atomic mass is 10.1. The molecule has 0 saturated heterocycles. The number of hydrazone groups is 1. The fourth-order valence-corrected chi connectivity index (χ4v) is 1.02. The molecule has 1 aromatic rings. The first-order valence-electron chi connectivity index (χ1n) is 4.45. The minimum atomic E-state index is -1.21. The van der Waals surface area contributed by atoms with Crippen molar-refractivity contribution in [2.45, 2.75) is 0 Å². The third kappa shape index (κ3) is 3.66. The number of rotatable bonds is 3. The molecular formula is C10H10N3O2S-. The Morgan fingerprint density at radius 3 is 2.94 bits per heavy atom. The van der Waals surface area contributed by atoms with Crippen LogP contribution in [-0.2, 0) is 0 Å². The normalized spacial score (nSPS) is 10.1. The number of carboxylic acids is 1. The van der Waals surface area contributed by atoms with E-state index in [4.69, 9.17) is 12.2 Å². The van der Waals surface area contributed by atoms with Gasteiger partial charge >= 0.3 is 0 Å². The van der Waals surface area contributed by atoms with E-state index in [1.807, 2.05) is 0 Å². The number of nitrogens with one attached hydrogen (secondary N) is 2. The van der Waals surface area contributed by atoms with E-state index in [1.54, 1.807) is 19.2 Å². The first-order valence-corrected chi connectivity index (χ1v) is 4.86. The number of carbonyl (C=O) groups is 1. The van der Waals surface area contributed by atoms with Crippen LogP contribution in [0.25, 0.3) is 0 Å². The molecule has 0 atom stereocenters. The quantitative estimate of drug-likeness (QED) is 0.419. The molecule has 0 spiro atoms. The highest BCUT2D eigenvalue weighted by Crippen LogP contribution is 2.01. The molecule has 0 amide bonds. The third-order valence-electron chi connectivity index (χ3n) is 1.73. The highest BCUT2D eigenvalue weighted by Gasteiger charge is 1.94. The van der Waals surface area contributed by atoms with Crippen molar-refractivity contribution in [3.63, 3.8) is 0 Å². The highest BCUT2D eigenvalue weighted by atomic mass is 32.1. The lowest BCUT2D eigenvalue weighted by Crippen LogP contribution is -2.28. The molecule has 0 heterocycles. The van der Waals surface area contributed by atoms with Gasteiger partial charge in [-0.2, -0.15) is 5.10 Å². The molecule has 6 heteroatoms. The topological polar surface area (TPSA) is 76.5 Å². The van der Waals surface area contributed by atoms with Gasteiger partial charge in [-0.3, -0.25) is 5.43 Å². The average Bonchev–Trinajstić information content (AvgIpc) is 2.29. The SMILES string of the molecule is CNC(=S)N/N=C\c1cccc(C(=O)[O-])c1. The van der Waals surface area contributed by atoms with Gasteiger partial charge in [0.15, 0.2) is 5.11 Å². The van der Waals surface area contributed by atoms with Crippen LogP contribution in [0.3, 0.4) is 0 Å². The molecule has 2 N–H and O–H groups in total. The molecule has 0 fully saturated rings. The molecule has 0 aliphatic heterocycles. The second-order valence-corrected chi connectivity index (χ2v) is 3.27. The van der Waals surface area contributed by atoms with Crippen molar-refractivity contribution in [3.8, 4) is 0 Å². The summed E-state index contributed by atoms with van der Waals surface area (Å²) in [6, 6.07) is 6.25. The molecule has 0 unspecified atom stereocenters. The fraction of sp³-hybridized carbons (Fsp3) is 0.100. The maximum Gasteiger partial charge on any atom is 0.186 e. The Morgan fingerprint density at radius 1 is 1.56 bits per heavy atom. The Bertz CT molecular complexity index is 432. The molecule has 16 heavy (non-hydrogen) atoms. The van der Waals surface area contributed by atoms with Gasteiger partial charge < -0.3 is 15.2 Å². The van der Waals surface area contributed by atoms with Crippen LogP contribution in [0.5, 0.6) is 0 Å². The standard InChI is InChI=1S/C10H11N3O2S/c1-11-10(16)13-12-6-7-3-2-4-8(5-7)9(14)15/h2-6H,1H3,(H,14,15)(H2,11,13,16)/p-1/b12-6-. The Balaban J connectivity index is 2.70. The van der Waals surface area contributed by atoms with Crippen LogP contribution in [0.4, 0.5) is 0 Å². The number of nitrogens with zero attached hydrogens (tertiary/aromatic N) is 1. The summed E-state index contributed by atoms with van der Waals surface area (Å²) in [6.07, 6.45) is 1.47. The number of carbonyl (C=O) groups excluding carboxylic acids is 1. The van der Waals surface area contributed by atoms with Gasteiger partial charge in [0.25, 0.3) is 0 Å². The van der Waals surface area contributed by atoms with Gasteiger partial charge in [-0.1, -0.05) is 18.2 Å². The Labute approximate surface area is 98.2 Å². The third-order valence-corrected chi connectivity index (χ3v) is 2.02. The van der Waals surface area contributed by atoms with E-state index in [1.165, 1.54) is 18.3 Å². The summed E-state index contributed by atoms with van der Waals surface area (Å²) < 4.78 is 0. The summed E-state index contributed by atoms with van der Waals surface area (Å²) in [5, 5.41) is 17.5. The van der Waals surface area contributed by atoms with Crippen molar-refractivity contribution in [3.05, 3.63) is 35.4 Å². The minimum absolute atomic E-state index is 0.111. The molecule has 1 aromatic carbocycles. The zero-order chi connectivity index (χ0) is 12.0. The predicted octanol–water partition coefficient (Wildman–Crippen LogP) is -0.522. The van der Waals surface area contributed by atoms with Crippen molar-refractivity contribution in [1.82, 2.24) is 10.7 Å². The zero-order valence-electron chi connectivity index (χ0n) is 8.56. The molecular weight excluding hydrogens is 226 g/mol. The van der Waals surface area contributed by atoms with Crippen LogP contribution in [0.2, 0.25) is 0 Å². The van der Waals surface area contributed by atoms with Gasteiger partial charge in [-0.15, -0.1) is 0 Å². The molecule has 0 aliphatic rings. The van der Waals surface area contributed by atoms with Crippen molar-refractivity contribution >= 4 is 29.5 Å². The smallest absolute Gasteiger partial charge is 0.186 e. The predicted molar refractivity (Wildman–Crippen MR) is 63.2 cm³/mol. The number of benzene rings is 1. The molecule has 84 valence electrons. The lowest BCUT2D eigenvalue weighted by molar-refractivity contribution is -0.255. The maximum absolute atomic E-state index is 10.6. The van der Waals surface area contributed by atoms with Gasteiger partial charge in [0.05, 0.1) is 12.2 Å². The minimum Gasteiger partial charge on any atom is -0.545 e. The molecule has 0 saturated carbocycles. The summed E-state index contributed by atoms with van der Waals surface area (Å²) in [5.41, 5.74) is 3.31. The van der Waals surface area contributed by atoms with Gasteiger partial charge in [-0.25, -0.2) is 0 Å². The van der Waals surface area contributed by atoms with E-state index in [0.29, 0.717) is 10.7 Å². The number of carboxylic acid groups (broad SMARTS) is 1. The summed E-state index contributed by atoms with van der Waals surface area (Å²) in [7, 11) is 1.67. The Hall–Kier alpha value is -1.95. The van der Waals surface area contributed by atoms with Crippen LogP contribution in [-0.4, -0.2) is 24.3 Å². The summed E-state index contributed by atoms with van der Waals surface area (Å²) in [6.45, 7) is 0. The fourth-order valence-electron chi connectivity index (χ4n) is 0.967. The van der Waals surface area contributed by atoms with Crippen LogP contribution < -0.4 is 15.8 Å². The number of thiocarbonyl (C=S) groups is 1. The van der Waals surface area contributed by atoms with E-state index in [0.717, 1.165) is 0 Å². The first kappa shape index (κ1) is 12.1. The van der Waals surface area contributed by atoms with Crippen molar-refractivity contribution in [2.75, 3.05) is 7.05 Å². The summed E-state index contributed by atoms with van der Waals surface area (Å²) in [5.74, 6) is -1.21. The van der Waals surface area contributed by atoms with Crippen LogP contribution >= 0.6 is 12.2 Å². The Kier molecular flexibility index (Phi) is 4.41. The first-order chi connectivity index (χ1) is 7.63. The Morgan fingerprint density at radius 2 is 2.31 bits per heavy atom.